The normalized spacial score (nSPS) is 13.9. The van der Waals surface area contributed by atoms with Gasteiger partial charge in [-0.15, -0.1) is 0 Å². The molecule has 0 bridgehead atoms. The topological polar surface area (TPSA) is 153 Å². The summed E-state index contributed by atoms with van der Waals surface area (Å²) in [7, 11) is -0.831. The molecule has 13 nitrogen and oxygen atoms in total. The Balaban J connectivity index is 0.000000150. The molecule has 20 aromatic rings. The van der Waals surface area contributed by atoms with Crippen LogP contribution in [0.3, 0.4) is 0 Å². The summed E-state index contributed by atoms with van der Waals surface area (Å²) in [6.45, 7) is 16.7. The van der Waals surface area contributed by atoms with E-state index < -0.39 is 47.5 Å². The molecule has 2 aliphatic rings. The molecule has 141 heavy (non-hydrogen) atoms. The average molecular weight is 1850 g/mol. The Morgan fingerprint density at radius 2 is 0.333 bits per heavy atom. The molecular formula is C125H102B2ClN9O4. The maximum Gasteiger partial charge on any atom is 0.494 e. The zero-order valence-electron chi connectivity index (χ0n) is 79.7. The van der Waals surface area contributed by atoms with Crippen molar-refractivity contribution < 1.29 is 18.6 Å². The zero-order chi connectivity index (χ0) is 96.6. The van der Waals surface area contributed by atoms with Crippen molar-refractivity contribution in [2.75, 3.05) is 0 Å². The van der Waals surface area contributed by atoms with Gasteiger partial charge in [0.1, 0.15) is 0 Å². The molecule has 2 fully saturated rings. The van der Waals surface area contributed by atoms with Crippen molar-refractivity contribution in [3.63, 3.8) is 0 Å². The van der Waals surface area contributed by atoms with Crippen LogP contribution in [0.2, 0.25) is 5.28 Å². The van der Waals surface area contributed by atoms with Gasteiger partial charge in [0.05, 0.1) is 33.2 Å². The van der Waals surface area contributed by atoms with Crippen LogP contribution >= 0.6 is 11.6 Å². The number of hydrogen-bond donors (Lipinski definition) is 0. The van der Waals surface area contributed by atoms with Gasteiger partial charge in [0.25, 0.3) is 0 Å². The van der Waals surface area contributed by atoms with Gasteiger partial charge < -0.3 is 18.6 Å². The molecule has 0 aliphatic carbocycles. The van der Waals surface area contributed by atoms with Crippen molar-refractivity contribution in [1.29, 1.82) is 0 Å². The molecule has 0 N–H and O–H groups in total. The Labute approximate surface area is 830 Å². The molecule has 3 aromatic heterocycles. The van der Waals surface area contributed by atoms with E-state index in [1.807, 2.05) is 133 Å². The first-order chi connectivity index (χ1) is 68.7. The van der Waals surface area contributed by atoms with Gasteiger partial charge in [-0.2, -0.15) is 9.97 Å². The van der Waals surface area contributed by atoms with Gasteiger partial charge in [-0.1, -0.05) is 455 Å². The minimum absolute atomic E-state index is 0.189. The Morgan fingerprint density at radius 1 is 0.170 bits per heavy atom. The van der Waals surface area contributed by atoms with Crippen molar-refractivity contribution in [3.05, 3.63) is 523 Å². The maximum atomic E-state index is 6.37. The second kappa shape index (κ2) is 40.2. The van der Waals surface area contributed by atoms with Crippen molar-refractivity contribution >= 4 is 36.8 Å². The first-order valence-electron chi connectivity index (χ1n) is 47.7. The molecular weight excluding hydrogens is 1750 g/mol. The first-order valence-corrected chi connectivity index (χ1v) is 48.0. The van der Waals surface area contributed by atoms with Gasteiger partial charge in [0.15, 0.2) is 46.6 Å². The highest BCUT2D eigenvalue weighted by Crippen LogP contribution is 2.49. The summed E-state index contributed by atoms with van der Waals surface area (Å²) in [5.74, 6) is 4.75. The van der Waals surface area contributed by atoms with E-state index in [-0.39, 0.29) is 5.28 Å². The summed E-state index contributed by atoms with van der Waals surface area (Å²) in [6, 6.07) is 164. The number of benzene rings is 17. The Bertz CT molecular complexity index is 7290. The number of aromatic nitrogens is 9. The summed E-state index contributed by atoms with van der Waals surface area (Å²) in [4.78, 5) is 43.9. The summed E-state index contributed by atoms with van der Waals surface area (Å²) in [5, 5.41) is 0.189. The van der Waals surface area contributed by atoms with Crippen molar-refractivity contribution in [3.8, 4) is 124 Å². The van der Waals surface area contributed by atoms with E-state index in [4.69, 9.17) is 60.1 Å². The van der Waals surface area contributed by atoms with Crippen molar-refractivity contribution in [1.82, 2.24) is 44.9 Å². The van der Waals surface area contributed by atoms with E-state index in [1.165, 1.54) is 11.1 Å². The van der Waals surface area contributed by atoms with Crippen LogP contribution in [0.25, 0.3) is 124 Å². The van der Waals surface area contributed by atoms with Crippen LogP contribution in [0.15, 0.2) is 473 Å². The van der Waals surface area contributed by atoms with E-state index in [1.54, 1.807) is 0 Å². The summed E-state index contributed by atoms with van der Waals surface area (Å²) < 4.78 is 25.5. The molecule has 17 aromatic carbocycles. The van der Waals surface area contributed by atoms with Gasteiger partial charge in [0, 0.05) is 44.5 Å². The van der Waals surface area contributed by atoms with E-state index in [2.05, 4.69) is 410 Å². The highest BCUT2D eigenvalue weighted by atomic mass is 35.5. The Hall–Kier alpha value is -16.0. The Morgan fingerprint density at radius 3 is 0.567 bits per heavy atom. The van der Waals surface area contributed by atoms with E-state index >= 15 is 0 Å². The lowest BCUT2D eigenvalue weighted by atomic mass is 9.64. The van der Waals surface area contributed by atoms with Gasteiger partial charge in [-0.05, 0) is 174 Å². The summed E-state index contributed by atoms with van der Waals surface area (Å²) >= 11 is 6.14. The molecule has 16 heteroatoms. The van der Waals surface area contributed by atoms with Gasteiger partial charge >= 0.3 is 14.2 Å². The molecule has 0 saturated carbocycles. The quantitative estimate of drug-likeness (QED) is 0.0496. The molecule has 22 rings (SSSR count). The average Bonchev–Trinajstić information content (AvgIpc) is 0.823. The predicted octanol–water partition coefficient (Wildman–Crippen LogP) is 28.0. The fraction of sp³-hybridized carbons (Fsp3) is 0.112. The van der Waals surface area contributed by atoms with Crippen LogP contribution < -0.4 is 10.9 Å². The second-order valence-corrected chi connectivity index (χ2v) is 37.7. The second-order valence-electron chi connectivity index (χ2n) is 37.3. The van der Waals surface area contributed by atoms with Gasteiger partial charge in [-0.25, -0.2) is 34.9 Å². The lowest BCUT2D eigenvalue weighted by molar-refractivity contribution is 0.00578. The molecule has 5 heterocycles. The SMILES string of the molecule is CC1(C)OB(c2ccc(C(c3ccccc3)(c3ccccc3)c3ccc(B4OC(C)(C)C(C)(C)O4)cc3)cc2)OC1(C)C.Clc1nc(-c2ccccc2)nc(-c2cccc(-c3ccccc3)c2)n1.c1ccc(-c2cccc(-c3nc(-c4ccccc4)nc(-c4ccc(C(c5ccccc5)(c5ccccc5)c5ccc(-c6nc(-c7ccccc7)nc(-c7cccc(-c8ccccc8)c7)n6)cc5)cc4)n3)c2)cc1. The van der Waals surface area contributed by atoms with Crippen LogP contribution in [-0.4, -0.2) is 81.5 Å². The highest BCUT2D eigenvalue weighted by Gasteiger charge is 2.54. The number of rotatable bonds is 21. The van der Waals surface area contributed by atoms with Crippen LogP contribution in [0.5, 0.6) is 0 Å². The smallest absolute Gasteiger partial charge is 0.399 e. The van der Waals surface area contributed by atoms with Crippen LogP contribution in [0, 0.1) is 0 Å². The van der Waals surface area contributed by atoms with Crippen LogP contribution in [-0.2, 0) is 29.4 Å². The number of nitrogens with zero attached hydrogens (tertiary/aromatic N) is 9. The molecule has 0 spiro atoms. The lowest BCUT2D eigenvalue weighted by Gasteiger charge is -2.37. The standard InChI is InChI=1S/C67H46N6.C37H42B2O4.C21H14ClN3/c1-7-21-47(22-8-1)53-29-19-31-55(45-53)65-70-61(49-25-11-3-12-26-49)68-63(72-65)51-37-41-59(42-38-51)67(57-33-15-5-16-34-57,58-35-17-6-18-36-58)60-43-39-52(40-44-60)64-69-62(50-27-13-4-14-28-50)71-66(73-64)56-32-20-30-54(46-56)48-23-9-2-10-24-48;1-33(2)34(3,4)41-38(40-33)31-23-19-29(20-24-31)37(27-15-11-9-12-16-27,28-17-13-10-14-18-28)30-21-25-32(26-22-30)39-42-35(5,6)36(7,8)43-39;22-21-24-19(16-10-5-2-6-11-16)23-20(25-21)18-13-7-12-17(14-18)15-8-3-1-4-9-15/h1-46H;9-26H,1-8H3;1-14H. The third-order valence-electron chi connectivity index (χ3n) is 27.4. The zero-order valence-corrected chi connectivity index (χ0v) is 80.5. The molecule has 684 valence electrons. The van der Waals surface area contributed by atoms with Crippen molar-refractivity contribution in [2.24, 2.45) is 0 Å². The first kappa shape index (κ1) is 92.7. The molecule has 0 radical (unpaired) electrons. The van der Waals surface area contributed by atoms with Crippen LogP contribution in [0.4, 0.5) is 0 Å². The molecule has 2 aliphatic heterocycles. The fourth-order valence-electron chi connectivity index (χ4n) is 18.5. The third kappa shape index (κ3) is 19.5. The van der Waals surface area contributed by atoms with Gasteiger partial charge in [0.2, 0.25) is 5.28 Å². The van der Waals surface area contributed by atoms with Gasteiger partial charge in [-0.3, -0.25) is 0 Å². The monoisotopic (exact) mass is 1850 g/mol. The van der Waals surface area contributed by atoms with E-state index in [9.17, 15) is 0 Å². The number of hydrogen-bond acceptors (Lipinski definition) is 13. The van der Waals surface area contributed by atoms with Crippen LogP contribution in [0.1, 0.15) is 99.9 Å². The lowest BCUT2D eigenvalue weighted by Crippen LogP contribution is -2.41. The third-order valence-corrected chi connectivity index (χ3v) is 27.5. The molecule has 0 atom stereocenters. The largest absolute Gasteiger partial charge is 0.494 e. The minimum atomic E-state index is -0.728. The van der Waals surface area contributed by atoms with E-state index in [0.717, 1.165) is 122 Å². The summed E-state index contributed by atoms with van der Waals surface area (Å²) in [6.07, 6.45) is 0. The molecule has 2 saturated heterocycles. The van der Waals surface area contributed by atoms with E-state index in [0.29, 0.717) is 46.6 Å². The molecule has 0 amide bonds. The van der Waals surface area contributed by atoms with Crippen molar-refractivity contribution in [2.45, 2.75) is 88.6 Å². The number of halogens is 1. The minimum Gasteiger partial charge on any atom is -0.399 e. The summed E-state index contributed by atoms with van der Waals surface area (Å²) in [5.41, 5.74) is 22.2. The predicted molar refractivity (Wildman–Crippen MR) is 572 cm³/mol. The molecule has 0 unspecified atom stereocenters. The highest BCUT2D eigenvalue weighted by molar-refractivity contribution is 6.62. The maximum absolute atomic E-state index is 6.37. The Kier molecular flexibility index (Phi) is 26.5. The fourth-order valence-corrected chi connectivity index (χ4v) is 18.7.